The van der Waals surface area contributed by atoms with Gasteiger partial charge in [-0.1, -0.05) is 29.8 Å². The molecule has 110 valence electrons. The van der Waals surface area contributed by atoms with Gasteiger partial charge in [0, 0.05) is 17.5 Å². The molecule has 1 aliphatic rings. The number of para-hydroxylation sites is 1. The van der Waals surface area contributed by atoms with E-state index in [1.54, 1.807) is 6.92 Å². The third-order valence-electron chi connectivity index (χ3n) is 3.65. The smallest absolute Gasteiger partial charge is 0.355 e. The Morgan fingerprint density at radius 2 is 2.29 bits per heavy atom. The molecule has 0 fully saturated rings. The predicted molar refractivity (Wildman–Crippen MR) is 84.7 cm³/mol. The zero-order valence-electron chi connectivity index (χ0n) is 11.8. The lowest BCUT2D eigenvalue weighted by molar-refractivity contribution is 0.0520. The highest BCUT2D eigenvalue weighted by atomic mass is 35.5. The van der Waals surface area contributed by atoms with Gasteiger partial charge in [0.05, 0.1) is 17.1 Å². The second-order valence-electron chi connectivity index (χ2n) is 4.94. The van der Waals surface area contributed by atoms with Crippen LogP contribution in [0.4, 0.5) is 0 Å². The zero-order valence-corrected chi connectivity index (χ0v) is 12.6. The second-order valence-corrected chi connectivity index (χ2v) is 5.35. The average molecular weight is 305 g/mol. The molecule has 0 radical (unpaired) electrons. The van der Waals surface area contributed by atoms with E-state index in [1.807, 2.05) is 18.2 Å². The summed E-state index contributed by atoms with van der Waals surface area (Å²) in [7, 11) is 0. The summed E-state index contributed by atoms with van der Waals surface area (Å²) < 4.78 is 5.17. The number of ether oxygens (including phenoxy) is 1. The third kappa shape index (κ3) is 2.57. The number of aromatic nitrogens is 1. The summed E-state index contributed by atoms with van der Waals surface area (Å²) in [6.45, 7) is 3.87. The molecule has 1 aromatic heterocycles. The predicted octanol–water partition coefficient (Wildman–Crippen LogP) is 3.37. The molecule has 21 heavy (non-hydrogen) atoms. The molecular formula is C16H17ClN2O2. The number of H-pyrrole nitrogens is 1. The van der Waals surface area contributed by atoms with Crippen LogP contribution in [0.25, 0.3) is 16.5 Å². The van der Waals surface area contributed by atoms with E-state index in [4.69, 9.17) is 16.3 Å². The normalized spacial score (nSPS) is 15.0. The SMILES string of the molecule is CCOC(=O)c1[nH]c2c(Cl)cccc2c1C1=CCNCC1. The minimum Gasteiger partial charge on any atom is -0.461 e. The molecule has 4 nitrogen and oxygen atoms in total. The number of aromatic amines is 1. The number of hydrogen-bond donors (Lipinski definition) is 2. The van der Waals surface area contributed by atoms with E-state index in [0.29, 0.717) is 17.3 Å². The standard InChI is InChI=1S/C16H17ClN2O2/c1-2-21-16(20)15-13(10-6-8-18-9-7-10)11-4-3-5-12(17)14(11)19-15/h3-6,18-19H,2,7-9H2,1H3. The van der Waals surface area contributed by atoms with Crippen molar-refractivity contribution in [1.29, 1.82) is 0 Å². The first kappa shape index (κ1) is 14.2. The van der Waals surface area contributed by atoms with E-state index in [0.717, 1.165) is 41.5 Å². The van der Waals surface area contributed by atoms with Crippen molar-refractivity contribution in [2.45, 2.75) is 13.3 Å². The minimum absolute atomic E-state index is 0.334. The molecule has 0 amide bonds. The Balaban J connectivity index is 2.22. The maximum atomic E-state index is 12.2. The van der Waals surface area contributed by atoms with Crippen LogP contribution in [-0.2, 0) is 4.74 Å². The zero-order chi connectivity index (χ0) is 14.8. The number of benzene rings is 1. The number of halogens is 1. The highest BCUT2D eigenvalue weighted by Gasteiger charge is 2.23. The van der Waals surface area contributed by atoms with Gasteiger partial charge in [0.1, 0.15) is 5.69 Å². The van der Waals surface area contributed by atoms with E-state index in [9.17, 15) is 4.79 Å². The van der Waals surface area contributed by atoms with E-state index >= 15 is 0 Å². The Morgan fingerprint density at radius 1 is 1.43 bits per heavy atom. The molecule has 0 saturated heterocycles. The van der Waals surface area contributed by atoms with Crippen LogP contribution in [0, 0.1) is 0 Å². The van der Waals surface area contributed by atoms with E-state index in [-0.39, 0.29) is 5.97 Å². The van der Waals surface area contributed by atoms with Gasteiger partial charge in [-0.3, -0.25) is 0 Å². The summed E-state index contributed by atoms with van der Waals surface area (Å²) in [5.74, 6) is -0.334. The van der Waals surface area contributed by atoms with Crippen molar-refractivity contribution in [2.24, 2.45) is 0 Å². The Labute approximate surface area is 128 Å². The lowest BCUT2D eigenvalue weighted by Gasteiger charge is -2.15. The first-order valence-corrected chi connectivity index (χ1v) is 7.47. The number of carbonyl (C=O) groups is 1. The van der Waals surface area contributed by atoms with Gasteiger partial charge in [0.15, 0.2) is 0 Å². The Bertz CT molecular complexity index is 718. The first-order valence-electron chi connectivity index (χ1n) is 7.09. The lowest BCUT2D eigenvalue weighted by Crippen LogP contribution is -2.20. The van der Waals surface area contributed by atoms with Crippen molar-refractivity contribution < 1.29 is 9.53 Å². The number of carbonyl (C=O) groups excluding carboxylic acids is 1. The summed E-state index contributed by atoms with van der Waals surface area (Å²) >= 11 is 6.25. The molecule has 0 unspecified atom stereocenters. The fraction of sp³-hybridized carbons (Fsp3) is 0.312. The van der Waals surface area contributed by atoms with Crippen molar-refractivity contribution in [2.75, 3.05) is 19.7 Å². The van der Waals surface area contributed by atoms with Gasteiger partial charge in [-0.25, -0.2) is 4.79 Å². The quantitative estimate of drug-likeness (QED) is 0.855. The summed E-state index contributed by atoms with van der Waals surface area (Å²) in [6, 6.07) is 5.70. The van der Waals surface area contributed by atoms with Gasteiger partial charge in [-0.05, 0) is 31.5 Å². The summed E-state index contributed by atoms with van der Waals surface area (Å²) in [6.07, 6.45) is 3.00. The summed E-state index contributed by atoms with van der Waals surface area (Å²) in [4.78, 5) is 15.4. The summed E-state index contributed by atoms with van der Waals surface area (Å²) in [5.41, 5.74) is 3.36. The molecule has 2 heterocycles. The Morgan fingerprint density at radius 3 is 3.00 bits per heavy atom. The van der Waals surface area contributed by atoms with Crippen LogP contribution in [0.15, 0.2) is 24.3 Å². The molecule has 5 heteroatoms. The molecule has 0 saturated carbocycles. The van der Waals surface area contributed by atoms with Crippen LogP contribution in [0.3, 0.4) is 0 Å². The monoisotopic (exact) mass is 304 g/mol. The third-order valence-corrected chi connectivity index (χ3v) is 3.96. The van der Waals surface area contributed by atoms with Crippen molar-refractivity contribution in [1.82, 2.24) is 10.3 Å². The Hall–Kier alpha value is -1.78. The highest BCUT2D eigenvalue weighted by molar-refractivity contribution is 6.35. The molecule has 0 spiro atoms. The van der Waals surface area contributed by atoms with Gasteiger partial charge in [-0.15, -0.1) is 0 Å². The van der Waals surface area contributed by atoms with Crippen LogP contribution in [-0.4, -0.2) is 30.6 Å². The van der Waals surface area contributed by atoms with E-state index in [2.05, 4.69) is 16.4 Å². The highest BCUT2D eigenvalue weighted by Crippen LogP contribution is 2.34. The molecule has 1 aromatic carbocycles. The first-order chi connectivity index (χ1) is 10.2. The molecule has 3 rings (SSSR count). The molecule has 0 bridgehead atoms. The van der Waals surface area contributed by atoms with E-state index in [1.165, 1.54) is 0 Å². The number of rotatable bonds is 3. The molecule has 0 atom stereocenters. The van der Waals surface area contributed by atoms with Gasteiger partial charge < -0.3 is 15.0 Å². The fourth-order valence-corrected chi connectivity index (χ4v) is 2.94. The largest absolute Gasteiger partial charge is 0.461 e. The van der Waals surface area contributed by atoms with Crippen LogP contribution in [0.1, 0.15) is 29.4 Å². The summed E-state index contributed by atoms with van der Waals surface area (Å²) in [5, 5.41) is 4.86. The number of fused-ring (bicyclic) bond motifs is 1. The fourth-order valence-electron chi connectivity index (χ4n) is 2.72. The van der Waals surface area contributed by atoms with Gasteiger partial charge in [0.2, 0.25) is 0 Å². The maximum Gasteiger partial charge on any atom is 0.355 e. The molecule has 2 aromatic rings. The van der Waals surface area contributed by atoms with Crippen LogP contribution >= 0.6 is 11.6 Å². The molecule has 1 aliphatic heterocycles. The molecule has 0 aliphatic carbocycles. The van der Waals surface area contributed by atoms with Gasteiger partial charge in [0.25, 0.3) is 0 Å². The number of hydrogen-bond acceptors (Lipinski definition) is 3. The second kappa shape index (κ2) is 5.92. The Kier molecular flexibility index (Phi) is 3.99. The minimum atomic E-state index is -0.334. The van der Waals surface area contributed by atoms with E-state index < -0.39 is 0 Å². The number of nitrogens with one attached hydrogen (secondary N) is 2. The van der Waals surface area contributed by atoms with Gasteiger partial charge in [-0.2, -0.15) is 0 Å². The number of esters is 1. The van der Waals surface area contributed by atoms with Crippen molar-refractivity contribution in [3.8, 4) is 0 Å². The van der Waals surface area contributed by atoms with Gasteiger partial charge >= 0.3 is 5.97 Å². The van der Waals surface area contributed by atoms with Crippen LogP contribution < -0.4 is 5.32 Å². The molecular weight excluding hydrogens is 288 g/mol. The topological polar surface area (TPSA) is 54.1 Å². The van der Waals surface area contributed by atoms with Crippen molar-refractivity contribution in [3.05, 3.63) is 40.6 Å². The van der Waals surface area contributed by atoms with Crippen LogP contribution in [0.5, 0.6) is 0 Å². The average Bonchev–Trinajstić information content (AvgIpc) is 2.89. The van der Waals surface area contributed by atoms with Crippen molar-refractivity contribution in [3.63, 3.8) is 0 Å². The lowest BCUT2D eigenvalue weighted by atomic mass is 9.97. The molecule has 2 N–H and O–H groups in total. The maximum absolute atomic E-state index is 12.2. The van der Waals surface area contributed by atoms with Crippen LogP contribution in [0.2, 0.25) is 5.02 Å². The van der Waals surface area contributed by atoms with Crippen molar-refractivity contribution >= 4 is 34.0 Å².